The minimum atomic E-state index is -0.284. The Morgan fingerprint density at radius 2 is 2.03 bits per heavy atom. The Morgan fingerprint density at radius 1 is 1.31 bits per heavy atom. The van der Waals surface area contributed by atoms with Crippen molar-refractivity contribution in [2.45, 2.75) is 58.3 Å². The molecule has 0 bridgehead atoms. The van der Waals surface area contributed by atoms with E-state index < -0.39 is 0 Å². The summed E-state index contributed by atoms with van der Waals surface area (Å²) >= 11 is 1.51. The van der Waals surface area contributed by atoms with Crippen LogP contribution in [0.2, 0.25) is 0 Å². The molecule has 1 fully saturated rings. The van der Waals surface area contributed by atoms with Crippen molar-refractivity contribution >= 4 is 23.2 Å². The Morgan fingerprint density at radius 3 is 2.66 bits per heavy atom. The van der Waals surface area contributed by atoms with Crippen LogP contribution in [0, 0.1) is 6.92 Å². The van der Waals surface area contributed by atoms with Crippen LogP contribution in [0.25, 0.3) is 0 Å². The molecule has 2 aliphatic rings. The number of carbonyl (C=O) groups excluding carboxylic acids is 2. The molecule has 1 spiro atoms. The smallest absolute Gasteiger partial charge is 0.272 e. The largest absolute Gasteiger partial charge is 0.370 e. The normalized spacial score (nSPS) is 18.2. The Balaban J connectivity index is 1.47. The molecule has 1 saturated heterocycles. The summed E-state index contributed by atoms with van der Waals surface area (Å²) in [7, 11) is 1.89. The summed E-state index contributed by atoms with van der Waals surface area (Å²) < 4.78 is 8.14. The number of carbonyl (C=O) groups is 2. The third-order valence-corrected chi connectivity index (χ3v) is 6.94. The minimum Gasteiger partial charge on any atom is -0.370 e. The van der Waals surface area contributed by atoms with Crippen molar-refractivity contribution in [2.24, 2.45) is 7.05 Å². The molecule has 0 unspecified atom stereocenters. The van der Waals surface area contributed by atoms with Gasteiger partial charge in [0.1, 0.15) is 0 Å². The van der Waals surface area contributed by atoms with Crippen LogP contribution in [0.1, 0.15) is 63.7 Å². The van der Waals surface area contributed by atoms with Gasteiger partial charge in [0, 0.05) is 43.9 Å². The number of likely N-dealkylation sites (tertiary alicyclic amines) is 1. The first-order valence-electron chi connectivity index (χ1n) is 10.1. The predicted octanol–water partition coefficient (Wildman–Crippen LogP) is 2.68. The third kappa shape index (κ3) is 3.71. The van der Waals surface area contributed by atoms with Gasteiger partial charge in [0.2, 0.25) is 0 Å². The van der Waals surface area contributed by atoms with Crippen molar-refractivity contribution < 1.29 is 14.3 Å². The van der Waals surface area contributed by atoms with E-state index in [1.807, 2.05) is 48.8 Å². The van der Waals surface area contributed by atoms with Crippen LogP contribution in [0.15, 0.2) is 11.4 Å². The van der Waals surface area contributed by atoms with Crippen molar-refractivity contribution in [3.8, 4) is 0 Å². The fraction of sp³-hybridized carbons (Fsp3) is 0.571. The lowest BCUT2D eigenvalue weighted by atomic mass is 9.83. The molecule has 0 aliphatic carbocycles. The van der Waals surface area contributed by atoms with Crippen LogP contribution in [0.3, 0.4) is 0 Å². The number of aryl methyl sites for hydroxylation is 2. The maximum atomic E-state index is 12.8. The molecular formula is C21H28N4O3S. The lowest BCUT2D eigenvalue weighted by molar-refractivity contribution is -0.0990. The van der Waals surface area contributed by atoms with Crippen molar-refractivity contribution in [1.82, 2.24) is 20.0 Å². The molecule has 2 aliphatic heterocycles. The second-order valence-electron chi connectivity index (χ2n) is 8.40. The quantitative estimate of drug-likeness (QED) is 0.835. The molecule has 156 valence electrons. The predicted molar refractivity (Wildman–Crippen MR) is 111 cm³/mol. The first-order chi connectivity index (χ1) is 13.8. The monoisotopic (exact) mass is 416 g/mol. The average molecular weight is 417 g/mol. The lowest BCUT2D eigenvalue weighted by Gasteiger charge is -2.43. The van der Waals surface area contributed by atoms with E-state index in [2.05, 4.69) is 10.4 Å². The van der Waals surface area contributed by atoms with Crippen LogP contribution in [0.4, 0.5) is 0 Å². The van der Waals surface area contributed by atoms with E-state index in [1.54, 1.807) is 0 Å². The van der Waals surface area contributed by atoms with E-state index >= 15 is 0 Å². The van der Waals surface area contributed by atoms with E-state index in [1.165, 1.54) is 11.3 Å². The van der Waals surface area contributed by atoms with E-state index in [9.17, 15) is 9.59 Å². The number of piperidine rings is 1. The fourth-order valence-electron chi connectivity index (χ4n) is 4.24. The van der Waals surface area contributed by atoms with E-state index in [4.69, 9.17) is 4.74 Å². The average Bonchev–Trinajstić information content (AvgIpc) is 3.25. The van der Waals surface area contributed by atoms with Gasteiger partial charge >= 0.3 is 0 Å². The number of thiophene rings is 1. The summed E-state index contributed by atoms with van der Waals surface area (Å²) in [4.78, 5) is 28.1. The highest BCUT2D eigenvalue weighted by Crippen LogP contribution is 2.37. The molecule has 29 heavy (non-hydrogen) atoms. The molecule has 2 aromatic heterocycles. The van der Waals surface area contributed by atoms with Gasteiger partial charge in [0.05, 0.1) is 17.1 Å². The first kappa shape index (κ1) is 20.1. The molecule has 0 aromatic carbocycles. The number of rotatable bonds is 3. The summed E-state index contributed by atoms with van der Waals surface area (Å²) in [6.45, 7) is 7.61. The summed E-state index contributed by atoms with van der Waals surface area (Å²) in [6, 6.07) is 2.05. The van der Waals surface area contributed by atoms with Crippen LogP contribution in [-0.2, 0) is 24.8 Å². The molecule has 4 rings (SSSR count). The number of ether oxygens (including phenoxy) is 1. The second-order valence-corrected chi connectivity index (χ2v) is 9.32. The molecule has 2 aromatic rings. The molecule has 8 heteroatoms. The summed E-state index contributed by atoms with van der Waals surface area (Å²) in [5.41, 5.74) is 3.18. The molecule has 0 radical (unpaired) electrons. The Kier molecular flexibility index (Phi) is 5.25. The van der Waals surface area contributed by atoms with E-state index in [0.29, 0.717) is 25.4 Å². The Labute approximate surface area is 175 Å². The van der Waals surface area contributed by atoms with Crippen molar-refractivity contribution in [3.63, 3.8) is 0 Å². The number of hydrogen-bond donors (Lipinski definition) is 1. The van der Waals surface area contributed by atoms with Gasteiger partial charge < -0.3 is 15.0 Å². The van der Waals surface area contributed by atoms with Gasteiger partial charge in [0.15, 0.2) is 5.69 Å². The lowest BCUT2D eigenvalue weighted by Crippen LogP contribution is -2.50. The molecule has 2 amide bonds. The third-order valence-electron chi connectivity index (χ3n) is 5.94. The van der Waals surface area contributed by atoms with E-state index in [0.717, 1.165) is 41.0 Å². The summed E-state index contributed by atoms with van der Waals surface area (Å²) in [5.74, 6) is -0.0276. The van der Waals surface area contributed by atoms with Gasteiger partial charge in [-0.1, -0.05) is 0 Å². The molecular weight excluding hydrogens is 388 g/mol. The summed E-state index contributed by atoms with van der Waals surface area (Å²) in [5, 5.41) is 9.35. The SMILES string of the molecule is Cc1ccsc1C(=O)N1CCC2(CC1)Cc1c(c(C(=O)NC(C)C)nn1C)CO2. The van der Waals surface area contributed by atoms with Crippen LogP contribution < -0.4 is 5.32 Å². The molecule has 1 N–H and O–H groups in total. The molecule has 0 atom stereocenters. The van der Waals surface area contributed by atoms with Gasteiger partial charge in [-0.3, -0.25) is 14.3 Å². The number of hydrogen-bond acceptors (Lipinski definition) is 5. The van der Waals surface area contributed by atoms with Gasteiger partial charge in [-0.15, -0.1) is 11.3 Å². The highest BCUT2D eigenvalue weighted by Gasteiger charge is 2.42. The number of nitrogens with one attached hydrogen (secondary N) is 1. The number of aromatic nitrogens is 2. The van der Waals surface area contributed by atoms with Crippen LogP contribution >= 0.6 is 11.3 Å². The first-order valence-corrected chi connectivity index (χ1v) is 11.0. The number of amides is 2. The Hall–Kier alpha value is -2.19. The van der Waals surface area contributed by atoms with Gasteiger partial charge in [-0.2, -0.15) is 5.10 Å². The van der Waals surface area contributed by atoms with Crippen molar-refractivity contribution in [3.05, 3.63) is 38.8 Å². The zero-order chi connectivity index (χ0) is 20.8. The van der Waals surface area contributed by atoms with E-state index in [-0.39, 0.29) is 23.5 Å². The minimum absolute atomic E-state index is 0.0600. The van der Waals surface area contributed by atoms with Crippen LogP contribution in [-0.4, -0.2) is 51.2 Å². The van der Waals surface area contributed by atoms with Gasteiger partial charge in [0.25, 0.3) is 11.8 Å². The number of fused-ring (bicyclic) bond motifs is 1. The maximum Gasteiger partial charge on any atom is 0.272 e. The van der Waals surface area contributed by atoms with Crippen molar-refractivity contribution in [2.75, 3.05) is 13.1 Å². The molecule has 4 heterocycles. The molecule has 0 saturated carbocycles. The summed E-state index contributed by atoms with van der Waals surface area (Å²) in [6.07, 6.45) is 2.31. The number of nitrogens with zero attached hydrogens (tertiary/aromatic N) is 3. The maximum absolute atomic E-state index is 12.8. The van der Waals surface area contributed by atoms with Gasteiger partial charge in [-0.25, -0.2) is 0 Å². The van der Waals surface area contributed by atoms with Gasteiger partial charge in [-0.05, 0) is 50.6 Å². The zero-order valence-corrected chi connectivity index (χ0v) is 18.3. The Bertz CT molecular complexity index is 938. The standard InChI is InChI=1S/C21H28N4O3S/c1-13(2)22-19(26)17-15-12-28-21(11-16(15)24(4)23-17)6-8-25(9-7-21)20(27)18-14(3)5-10-29-18/h5,10,13H,6-9,11-12H2,1-4H3,(H,22,26). The second kappa shape index (κ2) is 7.57. The van der Waals surface area contributed by atoms with Crippen LogP contribution in [0.5, 0.6) is 0 Å². The highest BCUT2D eigenvalue weighted by molar-refractivity contribution is 7.12. The fourth-order valence-corrected chi connectivity index (χ4v) is 5.14. The molecule has 7 nitrogen and oxygen atoms in total. The topological polar surface area (TPSA) is 76.5 Å². The highest BCUT2D eigenvalue weighted by atomic mass is 32.1. The zero-order valence-electron chi connectivity index (χ0n) is 17.4. The van der Waals surface area contributed by atoms with Crippen molar-refractivity contribution in [1.29, 1.82) is 0 Å².